The lowest BCUT2D eigenvalue weighted by molar-refractivity contribution is -0.131. The summed E-state index contributed by atoms with van der Waals surface area (Å²) in [5.74, 6) is 0.578. The van der Waals surface area contributed by atoms with E-state index in [9.17, 15) is 9.90 Å². The van der Waals surface area contributed by atoms with Gasteiger partial charge in [-0.2, -0.15) is 0 Å². The number of phenolic OH excluding ortho intramolecular Hbond substituents is 1. The molecule has 2 aromatic rings. The number of phenols is 1. The minimum atomic E-state index is -0.465. The molecule has 0 unspecified atom stereocenters. The zero-order chi connectivity index (χ0) is 14.0. The normalized spacial score (nSPS) is 10.3. The third-order valence-electron chi connectivity index (χ3n) is 2.70. The number of hydrogen-bond donors (Lipinski definition) is 1. The molecule has 2 aromatic carbocycles. The summed E-state index contributed by atoms with van der Waals surface area (Å²) < 4.78 is 15.5. The summed E-state index contributed by atoms with van der Waals surface area (Å²) in [6, 6.07) is 6.57. The highest BCUT2D eigenvalue weighted by atomic mass is 16.6. The zero-order valence-electron chi connectivity index (χ0n) is 10.9. The second-order valence-corrected chi connectivity index (χ2v) is 3.90. The molecule has 100 valence electrons. The third-order valence-corrected chi connectivity index (χ3v) is 2.70. The van der Waals surface area contributed by atoms with E-state index in [-0.39, 0.29) is 17.2 Å². The number of hydrogen-bond acceptors (Lipinski definition) is 5. The molecular weight excluding hydrogens is 248 g/mol. The van der Waals surface area contributed by atoms with Crippen molar-refractivity contribution in [2.24, 2.45) is 0 Å². The van der Waals surface area contributed by atoms with E-state index in [4.69, 9.17) is 14.2 Å². The molecule has 0 heterocycles. The van der Waals surface area contributed by atoms with Gasteiger partial charge in [0.25, 0.3) is 0 Å². The lowest BCUT2D eigenvalue weighted by Crippen LogP contribution is -2.04. The molecule has 5 heteroatoms. The summed E-state index contributed by atoms with van der Waals surface area (Å²) in [7, 11) is 2.94. The number of methoxy groups -OCH3 is 2. The van der Waals surface area contributed by atoms with E-state index >= 15 is 0 Å². The molecule has 2 rings (SSSR count). The average Bonchev–Trinajstić information content (AvgIpc) is 2.40. The van der Waals surface area contributed by atoms with Crippen LogP contribution in [0.1, 0.15) is 6.92 Å². The highest BCUT2D eigenvalue weighted by Gasteiger charge is 2.18. The van der Waals surface area contributed by atoms with Crippen molar-refractivity contribution in [2.75, 3.05) is 14.2 Å². The molecule has 0 aliphatic heterocycles. The number of benzene rings is 2. The van der Waals surface area contributed by atoms with Crippen molar-refractivity contribution in [3.8, 4) is 23.0 Å². The van der Waals surface area contributed by atoms with Crippen molar-refractivity contribution in [1.29, 1.82) is 0 Å². The van der Waals surface area contributed by atoms with Crippen LogP contribution >= 0.6 is 0 Å². The maximum atomic E-state index is 11.2. The molecule has 1 N–H and O–H groups in total. The number of aromatic hydroxyl groups is 1. The van der Waals surface area contributed by atoms with Gasteiger partial charge in [0.15, 0.2) is 11.5 Å². The van der Waals surface area contributed by atoms with Gasteiger partial charge in [-0.25, -0.2) is 0 Å². The van der Waals surface area contributed by atoms with Crippen LogP contribution in [0.2, 0.25) is 0 Å². The molecule has 0 aliphatic carbocycles. The Labute approximate surface area is 110 Å². The van der Waals surface area contributed by atoms with Gasteiger partial charge in [0.1, 0.15) is 11.5 Å². The second-order valence-electron chi connectivity index (χ2n) is 3.90. The van der Waals surface area contributed by atoms with E-state index in [2.05, 4.69) is 0 Å². The van der Waals surface area contributed by atoms with Gasteiger partial charge in [0.05, 0.1) is 19.6 Å². The summed E-state index contributed by atoms with van der Waals surface area (Å²) in [6.07, 6.45) is 0. The van der Waals surface area contributed by atoms with Crippen LogP contribution in [-0.4, -0.2) is 25.3 Å². The highest BCUT2D eigenvalue weighted by Crippen LogP contribution is 2.44. The first-order chi connectivity index (χ1) is 9.08. The SMILES string of the molecule is COc1cc(O)c2c(OC)cccc2c1OC(C)=O. The Morgan fingerprint density at radius 3 is 2.42 bits per heavy atom. The molecule has 0 bridgehead atoms. The van der Waals surface area contributed by atoms with Gasteiger partial charge in [0, 0.05) is 18.4 Å². The Hall–Kier alpha value is -2.43. The number of fused-ring (bicyclic) bond motifs is 1. The Morgan fingerprint density at radius 2 is 1.84 bits per heavy atom. The highest BCUT2D eigenvalue weighted by molar-refractivity contribution is 6.00. The summed E-state index contributed by atoms with van der Waals surface area (Å²) in [5.41, 5.74) is 0. The molecule has 0 spiro atoms. The van der Waals surface area contributed by atoms with Crippen LogP contribution in [0.15, 0.2) is 24.3 Å². The molecule has 0 saturated carbocycles. The minimum Gasteiger partial charge on any atom is -0.507 e. The van der Waals surface area contributed by atoms with Gasteiger partial charge >= 0.3 is 5.97 Å². The van der Waals surface area contributed by atoms with Crippen LogP contribution in [-0.2, 0) is 4.79 Å². The van der Waals surface area contributed by atoms with Crippen LogP contribution in [0, 0.1) is 0 Å². The second kappa shape index (κ2) is 5.06. The predicted octanol–water partition coefficient (Wildman–Crippen LogP) is 2.49. The molecule has 0 atom stereocenters. The number of carbonyl (C=O) groups is 1. The van der Waals surface area contributed by atoms with Crippen LogP contribution < -0.4 is 14.2 Å². The standard InChI is InChI=1S/C14H14O5/c1-8(15)19-14-9-5-4-6-11(17-2)13(9)10(16)7-12(14)18-3/h4-7,16H,1-3H3. The molecule has 5 nitrogen and oxygen atoms in total. The molecule has 0 fully saturated rings. The van der Waals surface area contributed by atoms with Crippen molar-refractivity contribution in [2.45, 2.75) is 6.92 Å². The minimum absolute atomic E-state index is 0.000187. The van der Waals surface area contributed by atoms with E-state index in [1.54, 1.807) is 18.2 Å². The lowest BCUT2D eigenvalue weighted by atomic mass is 10.1. The Kier molecular flexibility index (Phi) is 3.46. The first-order valence-corrected chi connectivity index (χ1v) is 5.63. The Balaban J connectivity index is 2.83. The van der Waals surface area contributed by atoms with Gasteiger partial charge in [0.2, 0.25) is 0 Å². The van der Waals surface area contributed by atoms with Crippen molar-refractivity contribution in [1.82, 2.24) is 0 Å². The van der Waals surface area contributed by atoms with Crippen molar-refractivity contribution < 1.29 is 24.1 Å². The van der Waals surface area contributed by atoms with Crippen molar-refractivity contribution >= 4 is 16.7 Å². The van der Waals surface area contributed by atoms with E-state index in [0.29, 0.717) is 16.5 Å². The fraction of sp³-hybridized carbons (Fsp3) is 0.214. The third kappa shape index (κ3) is 2.27. The average molecular weight is 262 g/mol. The van der Waals surface area contributed by atoms with E-state index in [1.807, 2.05) is 0 Å². The largest absolute Gasteiger partial charge is 0.507 e. The quantitative estimate of drug-likeness (QED) is 0.680. The Morgan fingerprint density at radius 1 is 1.16 bits per heavy atom. The van der Waals surface area contributed by atoms with E-state index in [1.165, 1.54) is 27.2 Å². The van der Waals surface area contributed by atoms with E-state index in [0.717, 1.165) is 0 Å². The van der Waals surface area contributed by atoms with Crippen molar-refractivity contribution in [3.05, 3.63) is 24.3 Å². The molecule has 0 radical (unpaired) electrons. The van der Waals surface area contributed by atoms with Gasteiger partial charge in [-0.15, -0.1) is 0 Å². The van der Waals surface area contributed by atoms with Gasteiger partial charge < -0.3 is 19.3 Å². The molecule has 19 heavy (non-hydrogen) atoms. The van der Waals surface area contributed by atoms with Gasteiger partial charge in [-0.1, -0.05) is 12.1 Å². The molecule has 0 amide bonds. The van der Waals surface area contributed by atoms with Gasteiger partial charge in [-0.05, 0) is 6.07 Å². The predicted molar refractivity (Wildman–Crippen MR) is 70.0 cm³/mol. The van der Waals surface area contributed by atoms with Crippen LogP contribution in [0.4, 0.5) is 0 Å². The summed E-state index contributed by atoms with van der Waals surface area (Å²) >= 11 is 0. The maximum Gasteiger partial charge on any atom is 0.308 e. The monoisotopic (exact) mass is 262 g/mol. The number of carbonyl (C=O) groups excluding carboxylic acids is 1. The van der Waals surface area contributed by atoms with Crippen molar-refractivity contribution in [3.63, 3.8) is 0 Å². The number of rotatable bonds is 3. The number of esters is 1. The first kappa shape index (κ1) is 13.0. The van der Waals surface area contributed by atoms with Gasteiger partial charge in [-0.3, -0.25) is 4.79 Å². The summed E-state index contributed by atoms with van der Waals surface area (Å²) in [5, 5.41) is 11.1. The van der Waals surface area contributed by atoms with E-state index < -0.39 is 5.97 Å². The zero-order valence-corrected chi connectivity index (χ0v) is 10.9. The summed E-state index contributed by atoms with van der Waals surface area (Å²) in [6.45, 7) is 1.30. The van der Waals surface area contributed by atoms with Crippen LogP contribution in [0.25, 0.3) is 10.8 Å². The Bertz CT molecular complexity index is 633. The molecule has 0 aliphatic rings. The summed E-state index contributed by atoms with van der Waals surface area (Å²) in [4.78, 5) is 11.2. The maximum absolute atomic E-state index is 11.2. The molecule has 0 aromatic heterocycles. The topological polar surface area (TPSA) is 65.0 Å². The van der Waals surface area contributed by atoms with Crippen LogP contribution in [0.5, 0.6) is 23.0 Å². The molecular formula is C14H14O5. The molecule has 0 saturated heterocycles. The smallest absolute Gasteiger partial charge is 0.308 e. The fourth-order valence-corrected chi connectivity index (χ4v) is 1.95. The number of ether oxygens (including phenoxy) is 3. The van der Waals surface area contributed by atoms with Crippen LogP contribution in [0.3, 0.4) is 0 Å². The first-order valence-electron chi connectivity index (χ1n) is 5.63. The fourth-order valence-electron chi connectivity index (χ4n) is 1.95. The lowest BCUT2D eigenvalue weighted by Gasteiger charge is -2.14.